The summed E-state index contributed by atoms with van der Waals surface area (Å²) in [5.74, 6) is 1.54. The fraction of sp³-hybridized carbons (Fsp3) is 0.571. The topological polar surface area (TPSA) is 33.2 Å². The molecule has 0 aromatic carbocycles. The molecule has 0 radical (unpaired) electrons. The van der Waals surface area contributed by atoms with E-state index in [2.05, 4.69) is 16.8 Å². The van der Waals surface area contributed by atoms with Gasteiger partial charge in [-0.1, -0.05) is 12.8 Å². The van der Waals surface area contributed by atoms with Crippen molar-refractivity contribution < 1.29 is 4.79 Å². The Morgan fingerprint density at radius 1 is 1.47 bits per heavy atom. The van der Waals surface area contributed by atoms with Crippen molar-refractivity contribution in [3.8, 4) is 0 Å². The van der Waals surface area contributed by atoms with Gasteiger partial charge in [0.25, 0.3) is 0 Å². The van der Waals surface area contributed by atoms with E-state index in [0.29, 0.717) is 11.6 Å². The Hall–Kier alpha value is -1.38. The molecular formula is C14H20N2O. The van der Waals surface area contributed by atoms with Crippen LogP contribution in [0.15, 0.2) is 18.3 Å². The summed E-state index contributed by atoms with van der Waals surface area (Å²) in [7, 11) is 2.04. The smallest absolute Gasteiger partial charge is 0.153 e. The minimum atomic E-state index is 0.450. The monoisotopic (exact) mass is 232 g/mol. The van der Waals surface area contributed by atoms with Gasteiger partial charge in [-0.3, -0.25) is 4.79 Å². The average molecular weight is 232 g/mol. The number of carbonyl (C=O) groups excluding carboxylic acids is 1. The second-order valence-corrected chi connectivity index (χ2v) is 4.93. The molecule has 1 aliphatic rings. The van der Waals surface area contributed by atoms with Crippen LogP contribution in [0.4, 0.5) is 5.82 Å². The van der Waals surface area contributed by atoms with Crippen LogP contribution in [-0.2, 0) is 0 Å². The number of nitrogens with zero attached hydrogens (tertiary/aromatic N) is 2. The van der Waals surface area contributed by atoms with E-state index in [-0.39, 0.29) is 0 Å². The third kappa shape index (κ3) is 2.48. The normalized spacial score (nSPS) is 18.0. The molecule has 2 rings (SSSR count). The minimum absolute atomic E-state index is 0.450. The molecule has 0 aliphatic heterocycles. The summed E-state index contributed by atoms with van der Waals surface area (Å²) in [6.07, 6.45) is 7.92. The highest BCUT2D eigenvalue weighted by Gasteiger charge is 2.25. The largest absolute Gasteiger partial charge is 0.356 e. The van der Waals surface area contributed by atoms with Crippen molar-refractivity contribution in [2.24, 2.45) is 5.92 Å². The van der Waals surface area contributed by atoms with Crippen LogP contribution in [0.5, 0.6) is 0 Å². The van der Waals surface area contributed by atoms with Crippen LogP contribution in [-0.4, -0.2) is 24.4 Å². The first-order chi connectivity index (χ1) is 8.24. The summed E-state index contributed by atoms with van der Waals surface area (Å²) in [6.45, 7) is 2.24. The average Bonchev–Trinajstić information content (AvgIpc) is 2.90. The highest BCUT2D eigenvalue weighted by atomic mass is 16.1. The molecule has 0 spiro atoms. The number of pyridine rings is 1. The van der Waals surface area contributed by atoms with Gasteiger partial charge in [0.15, 0.2) is 6.29 Å². The molecule has 0 N–H and O–H groups in total. The Balaban J connectivity index is 2.17. The highest BCUT2D eigenvalue weighted by Crippen LogP contribution is 2.31. The van der Waals surface area contributed by atoms with Gasteiger partial charge in [0.05, 0.1) is 5.56 Å². The first-order valence-electron chi connectivity index (χ1n) is 6.37. The van der Waals surface area contributed by atoms with Crippen LogP contribution < -0.4 is 4.90 Å². The van der Waals surface area contributed by atoms with Gasteiger partial charge in [-0.25, -0.2) is 4.98 Å². The summed E-state index contributed by atoms with van der Waals surface area (Å²) < 4.78 is 0. The third-order valence-electron chi connectivity index (χ3n) is 3.97. The van der Waals surface area contributed by atoms with E-state index >= 15 is 0 Å². The Morgan fingerprint density at radius 2 is 2.18 bits per heavy atom. The maximum atomic E-state index is 11.0. The van der Waals surface area contributed by atoms with Gasteiger partial charge in [-0.05, 0) is 37.8 Å². The number of anilines is 1. The molecular weight excluding hydrogens is 212 g/mol. The lowest BCUT2D eigenvalue weighted by Crippen LogP contribution is -2.35. The lowest BCUT2D eigenvalue weighted by molar-refractivity contribution is 0.112. The molecule has 1 fully saturated rings. The molecule has 3 nitrogen and oxygen atoms in total. The maximum Gasteiger partial charge on any atom is 0.153 e. The van der Waals surface area contributed by atoms with Crippen molar-refractivity contribution in [1.82, 2.24) is 4.98 Å². The highest BCUT2D eigenvalue weighted by molar-refractivity contribution is 5.82. The first-order valence-corrected chi connectivity index (χ1v) is 6.37. The number of hydrogen-bond donors (Lipinski definition) is 0. The van der Waals surface area contributed by atoms with Gasteiger partial charge in [0, 0.05) is 19.3 Å². The molecule has 1 aromatic heterocycles. The zero-order chi connectivity index (χ0) is 12.3. The predicted octanol–water partition coefficient (Wildman–Crippen LogP) is 2.91. The van der Waals surface area contributed by atoms with Crippen molar-refractivity contribution in [1.29, 1.82) is 0 Å². The zero-order valence-electron chi connectivity index (χ0n) is 10.6. The second-order valence-electron chi connectivity index (χ2n) is 4.93. The van der Waals surface area contributed by atoms with E-state index in [0.717, 1.165) is 18.0 Å². The molecule has 92 valence electrons. The van der Waals surface area contributed by atoms with E-state index in [1.54, 1.807) is 12.3 Å². The van der Waals surface area contributed by atoms with E-state index < -0.39 is 0 Å². The molecule has 0 bridgehead atoms. The fourth-order valence-electron chi connectivity index (χ4n) is 2.75. The Bertz CT molecular complexity index is 386. The molecule has 1 unspecified atom stereocenters. The molecule has 0 saturated heterocycles. The van der Waals surface area contributed by atoms with E-state index in [4.69, 9.17) is 0 Å². The zero-order valence-corrected chi connectivity index (χ0v) is 10.6. The van der Waals surface area contributed by atoms with Crippen molar-refractivity contribution in [3.05, 3.63) is 23.9 Å². The fourth-order valence-corrected chi connectivity index (χ4v) is 2.75. The van der Waals surface area contributed by atoms with Crippen molar-refractivity contribution in [3.63, 3.8) is 0 Å². The van der Waals surface area contributed by atoms with E-state index in [1.165, 1.54) is 25.7 Å². The van der Waals surface area contributed by atoms with Crippen molar-refractivity contribution in [2.75, 3.05) is 11.9 Å². The van der Waals surface area contributed by atoms with Crippen LogP contribution in [0.2, 0.25) is 0 Å². The van der Waals surface area contributed by atoms with Gasteiger partial charge in [0.2, 0.25) is 0 Å². The summed E-state index contributed by atoms with van der Waals surface area (Å²) in [6, 6.07) is 4.08. The Morgan fingerprint density at radius 3 is 2.82 bits per heavy atom. The van der Waals surface area contributed by atoms with Crippen LogP contribution in [0.1, 0.15) is 43.0 Å². The number of rotatable bonds is 4. The van der Waals surface area contributed by atoms with Crippen molar-refractivity contribution >= 4 is 12.1 Å². The number of aldehydes is 1. The number of aromatic nitrogens is 1. The molecule has 1 atom stereocenters. The predicted molar refractivity (Wildman–Crippen MR) is 69.4 cm³/mol. The van der Waals surface area contributed by atoms with E-state index in [1.807, 2.05) is 13.1 Å². The van der Waals surface area contributed by atoms with Crippen LogP contribution in [0.3, 0.4) is 0 Å². The van der Waals surface area contributed by atoms with Crippen molar-refractivity contribution in [2.45, 2.75) is 38.6 Å². The standard InChI is InChI=1S/C14H20N2O/c1-11(12-6-3-4-7-12)16(2)14-13(10-17)8-5-9-15-14/h5,8-12H,3-4,6-7H2,1-2H3. The second kappa shape index (κ2) is 5.30. The summed E-state index contributed by atoms with van der Waals surface area (Å²) in [5, 5.41) is 0. The molecule has 0 amide bonds. The van der Waals surface area contributed by atoms with Crippen LogP contribution in [0, 0.1) is 5.92 Å². The summed E-state index contributed by atoms with van der Waals surface area (Å²) >= 11 is 0. The molecule has 1 heterocycles. The molecule has 1 saturated carbocycles. The lowest BCUT2D eigenvalue weighted by Gasteiger charge is -2.31. The van der Waals surface area contributed by atoms with Crippen LogP contribution >= 0.6 is 0 Å². The first kappa shape index (κ1) is 12.1. The quantitative estimate of drug-likeness (QED) is 0.748. The molecule has 3 heteroatoms. The van der Waals surface area contributed by atoms with Gasteiger partial charge in [-0.2, -0.15) is 0 Å². The Kier molecular flexibility index (Phi) is 3.77. The number of hydrogen-bond acceptors (Lipinski definition) is 3. The molecule has 17 heavy (non-hydrogen) atoms. The Labute approximate surface area is 103 Å². The maximum absolute atomic E-state index is 11.0. The third-order valence-corrected chi connectivity index (χ3v) is 3.97. The SMILES string of the molecule is CC(C1CCCC1)N(C)c1ncccc1C=O. The summed E-state index contributed by atoms with van der Waals surface area (Å²) in [4.78, 5) is 17.5. The van der Waals surface area contributed by atoms with Crippen LogP contribution in [0.25, 0.3) is 0 Å². The number of carbonyl (C=O) groups is 1. The molecule has 1 aliphatic carbocycles. The summed E-state index contributed by atoms with van der Waals surface area (Å²) in [5.41, 5.74) is 0.680. The van der Waals surface area contributed by atoms with E-state index in [9.17, 15) is 4.79 Å². The minimum Gasteiger partial charge on any atom is -0.356 e. The lowest BCUT2D eigenvalue weighted by atomic mass is 9.98. The van der Waals surface area contributed by atoms with Gasteiger partial charge < -0.3 is 4.90 Å². The molecule has 1 aromatic rings. The van der Waals surface area contributed by atoms with Gasteiger partial charge >= 0.3 is 0 Å². The van der Waals surface area contributed by atoms with Gasteiger partial charge in [0.1, 0.15) is 5.82 Å². The van der Waals surface area contributed by atoms with Gasteiger partial charge in [-0.15, -0.1) is 0 Å².